The highest BCUT2D eigenvalue weighted by Crippen LogP contribution is 2.38. The number of amides is 1. The standard InChI is InChI=1S/C14H17NO4/c16-13(11-9-12(11)14(17)18)15-7-4-8-19-10-5-2-1-3-6-10/h1-3,5-6,11-12H,4,7-9H2,(H,15,16)(H,17,18)/t11-,12-/m1/s1. The second kappa shape index (κ2) is 6.22. The Hall–Kier alpha value is -2.04. The van der Waals surface area contributed by atoms with E-state index in [1.807, 2.05) is 30.3 Å². The van der Waals surface area contributed by atoms with Gasteiger partial charge in [-0.15, -0.1) is 0 Å². The molecule has 0 bridgehead atoms. The van der Waals surface area contributed by atoms with Crippen molar-refractivity contribution < 1.29 is 19.4 Å². The Labute approximate surface area is 111 Å². The molecule has 0 unspecified atom stereocenters. The summed E-state index contributed by atoms with van der Waals surface area (Å²) in [6, 6.07) is 9.47. The van der Waals surface area contributed by atoms with E-state index in [4.69, 9.17) is 9.84 Å². The largest absolute Gasteiger partial charge is 0.494 e. The molecule has 1 saturated carbocycles. The lowest BCUT2D eigenvalue weighted by molar-refractivity contribution is -0.140. The molecule has 1 amide bonds. The van der Waals surface area contributed by atoms with Crippen molar-refractivity contribution in [3.8, 4) is 5.75 Å². The predicted octanol–water partition coefficient (Wildman–Crippen LogP) is 1.29. The molecule has 1 fully saturated rings. The van der Waals surface area contributed by atoms with Gasteiger partial charge in [0.05, 0.1) is 18.4 Å². The number of carboxylic acid groups (broad SMARTS) is 1. The number of nitrogens with one attached hydrogen (secondary N) is 1. The van der Waals surface area contributed by atoms with Gasteiger partial charge in [-0.3, -0.25) is 9.59 Å². The zero-order valence-electron chi connectivity index (χ0n) is 10.5. The Morgan fingerprint density at radius 3 is 2.63 bits per heavy atom. The van der Waals surface area contributed by atoms with E-state index < -0.39 is 11.9 Å². The van der Waals surface area contributed by atoms with Crippen LogP contribution in [0.25, 0.3) is 0 Å². The number of carbonyl (C=O) groups excluding carboxylic acids is 1. The van der Waals surface area contributed by atoms with Crippen LogP contribution in [0.4, 0.5) is 0 Å². The van der Waals surface area contributed by atoms with Gasteiger partial charge in [0.2, 0.25) is 5.91 Å². The zero-order valence-corrected chi connectivity index (χ0v) is 10.5. The lowest BCUT2D eigenvalue weighted by Crippen LogP contribution is -2.28. The number of para-hydroxylation sites is 1. The topological polar surface area (TPSA) is 75.6 Å². The van der Waals surface area contributed by atoms with Crippen LogP contribution < -0.4 is 10.1 Å². The van der Waals surface area contributed by atoms with Crippen molar-refractivity contribution in [2.45, 2.75) is 12.8 Å². The molecule has 1 aliphatic carbocycles. The molecule has 0 spiro atoms. The van der Waals surface area contributed by atoms with E-state index in [9.17, 15) is 9.59 Å². The molecule has 2 atom stereocenters. The van der Waals surface area contributed by atoms with E-state index >= 15 is 0 Å². The van der Waals surface area contributed by atoms with Gasteiger partial charge in [0.25, 0.3) is 0 Å². The summed E-state index contributed by atoms with van der Waals surface area (Å²) in [7, 11) is 0. The number of carboxylic acids is 1. The third-order valence-electron chi connectivity index (χ3n) is 3.08. The minimum Gasteiger partial charge on any atom is -0.494 e. The summed E-state index contributed by atoms with van der Waals surface area (Å²) in [5.74, 6) is -1.06. The van der Waals surface area contributed by atoms with E-state index in [0.29, 0.717) is 26.0 Å². The molecular formula is C14H17NO4. The fourth-order valence-electron chi connectivity index (χ4n) is 1.88. The maximum Gasteiger partial charge on any atom is 0.307 e. The molecular weight excluding hydrogens is 246 g/mol. The number of rotatable bonds is 7. The summed E-state index contributed by atoms with van der Waals surface area (Å²) in [5.41, 5.74) is 0. The Bertz CT molecular complexity index is 446. The Morgan fingerprint density at radius 1 is 1.26 bits per heavy atom. The lowest BCUT2D eigenvalue weighted by Gasteiger charge is -2.07. The summed E-state index contributed by atoms with van der Waals surface area (Å²) in [6.45, 7) is 1.03. The summed E-state index contributed by atoms with van der Waals surface area (Å²) in [6.07, 6.45) is 1.16. The highest BCUT2D eigenvalue weighted by Gasteiger charge is 2.48. The quantitative estimate of drug-likeness (QED) is 0.727. The molecule has 102 valence electrons. The molecule has 5 heteroatoms. The Morgan fingerprint density at radius 2 is 2.00 bits per heavy atom. The Kier molecular flexibility index (Phi) is 4.39. The van der Waals surface area contributed by atoms with Crippen LogP contribution in [0.1, 0.15) is 12.8 Å². The van der Waals surface area contributed by atoms with Gasteiger partial charge in [0, 0.05) is 6.54 Å². The monoisotopic (exact) mass is 263 g/mol. The molecule has 5 nitrogen and oxygen atoms in total. The van der Waals surface area contributed by atoms with Crippen LogP contribution in [0.15, 0.2) is 30.3 Å². The molecule has 0 aromatic heterocycles. The van der Waals surface area contributed by atoms with E-state index in [0.717, 1.165) is 5.75 Å². The first-order valence-corrected chi connectivity index (χ1v) is 6.37. The predicted molar refractivity (Wildman–Crippen MR) is 68.8 cm³/mol. The van der Waals surface area contributed by atoms with Gasteiger partial charge < -0.3 is 15.2 Å². The molecule has 1 aromatic rings. The van der Waals surface area contributed by atoms with Crippen LogP contribution in [0.5, 0.6) is 5.75 Å². The molecule has 19 heavy (non-hydrogen) atoms. The van der Waals surface area contributed by atoms with Crippen molar-refractivity contribution in [3.05, 3.63) is 30.3 Å². The highest BCUT2D eigenvalue weighted by molar-refractivity contribution is 5.89. The Balaban J connectivity index is 1.55. The van der Waals surface area contributed by atoms with Crippen LogP contribution in [0.3, 0.4) is 0 Å². The second-order valence-electron chi connectivity index (χ2n) is 4.59. The first kappa shape index (κ1) is 13.4. The van der Waals surface area contributed by atoms with Crippen molar-refractivity contribution in [2.24, 2.45) is 11.8 Å². The van der Waals surface area contributed by atoms with Gasteiger partial charge >= 0.3 is 5.97 Å². The number of ether oxygens (including phenoxy) is 1. The van der Waals surface area contributed by atoms with E-state index in [1.54, 1.807) is 0 Å². The average molecular weight is 263 g/mol. The molecule has 1 aliphatic rings. The summed E-state index contributed by atoms with van der Waals surface area (Å²) in [5, 5.41) is 11.4. The first-order valence-electron chi connectivity index (χ1n) is 6.37. The van der Waals surface area contributed by atoms with Crippen LogP contribution in [-0.4, -0.2) is 30.1 Å². The fourth-order valence-corrected chi connectivity index (χ4v) is 1.88. The zero-order chi connectivity index (χ0) is 13.7. The van der Waals surface area contributed by atoms with Gasteiger partial charge in [-0.05, 0) is 25.0 Å². The second-order valence-corrected chi connectivity index (χ2v) is 4.59. The normalized spacial score (nSPS) is 20.6. The van der Waals surface area contributed by atoms with Crippen LogP contribution >= 0.6 is 0 Å². The highest BCUT2D eigenvalue weighted by atomic mass is 16.5. The van der Waals surface area contributed by atoms with Crippen molar-refractivity contribution in [1.29, 1.82) is 0 Å². The van der Waals surface area contributed by atoms with Crippen LogP contribution in [-0.2, 0) is 9.59 Å². The fraction of sp³-hybridized carbons (Fsp3) is 0.429. The van der Waals surface area contributed by atoms with Crippen molar-refractivity contribution in [1.82, 2.24) is 5.32 Å². The number of benzene rings is 1. The number of hydrogen-bond donors (Lipinski definition) is 2. The first-order chi connectivity index (χ1) is 9.18. The van der Waals surface area contributed by atoms with E-state index in [-0.39, 0.29) is 11.8 Å². The van der Waals surface area contributed by atoms with Crippen LogP contribution in [0.2, 0.25) is 0 Å². The van der Waals surface area contributed by atoms with Crippen molar-refractivity contribution in [3.63, 3.8) is 0 Å². The van der Waals surface area contributed by atoms with Gasteiger partial charge in [-0.1, -0.05) is 18.2 Å². The third-order valence-corrected chi connectivity index (χ3v) is 3.08. The van der Waals surface area contributed by atoms with Crippen molar-refractivity contribution >= 4 is 11.9 Å². The summed E-state index contributed by atoms with van der Waals surface area (Å²) >= 11 is 0. The van der Waals surface area contributed by atoms with Gasteiger partial charge in [0.15, 0.2) is 0 Å². The minimum atomic E-state index is -0.882. The lowest BCUT2D eigenvalue weighted by atomic mass is 10.3. The minimum absolute atomic E-state index is 0.160. The van der Waals surface area contributed by atoms with E-state index in [2.05, 4.69) is 5.32 Å². The molecule has 0 saturated heterocycles. The number of carbonyl (C=O) groups is 2. The molecule has 2 N–H and O–H groups in total. The summed E-state index contributed by atoms with van der Waals surface area (Å²) in [4.78, 5) is 22.1. The van der Waals surface area contributed by atoms with Crippen molar-refractivity contribution in [2.75, 3.05) is 13.2 Å². The molecule has 2 rings (SSSR count). The van der Waals surface area contributed by atoms with Crippen LogP contribution in [0, 0.1) is 11.8 Å². The SMILES string of the molecule is O=C(O)[C@@H]1C[C@H]1C(=O)NCCCOc1ccccc1. The van der Waals surface area contributed by atoms with Gasteiger partial charge in [-0.25, -0.2) is 0 Å². The maximum atomic E-state index is 11.5. The molecule has 0 aliphatic heterocycles. The van der Waals surface area contributed by atoms with E-state index in [1.165, 1.54) is 0 Å². The van der Waals surface area contributed by atoms with Gasteiger partial charge in [0.1, 0.15) is 5.75 Å². The molecule has 0 heterocycles. The third kappa shape index (κ3) is 3.98. The maximum absolute atomic E-state index is 11.5. The average Bonchev–Trinajstić information content (AvgIpc) is 3.20. The number of hydrogen-bond acceptors (Lipinski definition) is 3. The summed E-state index contributed by atoms with van der Waals surface area (Å²) < 4.78 is 5.48. The molecule has 0 radical (unpaired) electrons. The molecule has 1 aromatic carbocycles. The number of aliphatic carboxylic acids is 1. The smallest absolute Gasteiger partial charge is 0.307 e. The van der Waals surface area contributed by atoms with Gasteiger partial charge in [-0.2, -0.15) is 0 Å².